The molecule has 1 atom stereocenters. The maximum Gasteiger partial charge on any atom is 0.324 e. The van der Waals surface area contributed by atoms with Gasteiger partial charge in [0.15, 0.2) is 5.66 Å². The molecule has 6 nitrogen and oxygen atoms in total. The highest BCUT2D eigenvalue weighted by atomic mass is 16.5. The van der Waals surface area contributed by atoms with Gasteiger partial charge >= 0.3 is 6.03 Å². The van der Waals surface area contributed by atoms with E-state index in [9.17, 15) is 9.59 Å². The quantitative estimate of drug-likeness (QED) is 0.727. The largest absolute Gasteiger partial charge is 0.495 e. The Hall–Kier alpha value is -3.80. The van der Waals surface area contributed by atoms with Gasteiger partial charge < -0.3 is 15.0 Å². The smallest absolute Gasteiger partial charge is 0.324 e. The third-order valence-corrected chi connectivity index (χ3v) is 5.88. The highest BCUT2D eigenvalue weighted by Crippen LogP contribution is 2.49. The number of ether oxygens (including phenoxy) is 1. The van der Waals surface area contributed by atoms with Crippen LogP contribution in [0.1, 0.15) is 21.5 Å². The van der Waals surface area contributed by atoms with Crippen molar-refractivity contribution in [1.82, 2.24) is 9.80 Å². The lowest BCUT2D eigenvalue weighted by molar-refractivity contribution is 0.0560. The van der Waals surface area contributed by atoms with Crippen molar-refractivity contribution in [2.45, 2.75) is 5.66 Å². The number of para-hydroxylation sites is 2. The lowest BCUT2D eigenvalue weighted by Gasteiger charge is -2.40. The maximum atomic E-state index is 13.5. The molecule has 2 aliphatic heterocycles. The maximum absolute atomic E-state index is 13.5. The van der Waals surface area contributed by atoms with Crippen molar-refractivity contribution in [1.29, 1.82) is 0 Å². The molecule has 2 heterocycles. The summed E-state index contributed by atoms with van der Waals surface area (Å²) in [6.07, 6.45) is 0. The molecule has 3 aromatic carbocycles. The van der Waals surface area contributed by atoms with Gasteiger partial charge in [0.25, 0.3) is 5.91 Å². The molecule has 0 saturated carbocycles. The Balaban J connectivity index is 1.64. The summed E-state index contributed by atoms with van der Waals surface area (Å²) < 4.78 is 5.38. The first-order chi connectivity index (χ1) is 14.7. The normalized spacial score (nSPS) is 19.4. The molecule has 1 fully saturated rings. The van der Waals surface area contributed by atoms with E-state index in [1.165, 1.54) is 0 Å². The van der Waals surface area contributed by atoms with Crippen LogP contribution in [0.15, 0.2) is 78.9 Å². The SMILES string of the molecule is COc1ccccc1NC(=O)N1CCN2C(=O)c3ccccc3[C@]12c1ccccc1. The number of methoxy groups -OCH3 is 1. The fraction of sp³-hybridized carbons (Fsp3) is 0.167. The van der Waals surface area contributed by atoms with E-state index in [0.717, 1.165) is 11.1 Å². The number of benzene rings is 3. The van der Waals surface area contributed by atoms with Crippen LogP contribution in [-0.2, 0) is 5.66 Å². The van der Waals surface area contributed by atoms with Crippen LogP contribution in [0.4, 0.5) is 10.5 Å². The standard InChI is InChI=1S/C24H21N3O3/c1-30-21-14-8-7-13-20(21)25-23(29)27-16-15-26-22(28)18-11-5-6-12-19(18)24(26,27)17-9-3-2-4-10-17/h2-14H,15-16H2,1H3,(H,25,29)/t24-/m0/s1. The first-order valence-corrected chi connectivity index (χ1v) is 9.86. The first-order valence-electron chi connectivity index (χ1n) is 9.86. The highest BCUT2D eigenvalue weighted by Gasteiger charge is 2.59. The second-order valence-corrected chi connectivity index (χ2v) is 7.32. The van der Waals surface area contributed by atoms with E-state index >= 15 is 0 Å². The summed E-state index contributed by atoms with van der Waals surface area (Å²) in [7, 11) is 1.57. The summed E-state index contributed by atoms with van der Waals surface area (Å²) in [5, 5.41) is 2.98. The zero-order valence-corrected chi connectivity index (χ0v) is 16.5. The van der Waals surface area contributed by atoms with E-state index in [4.69, 9.17) is 4.74 Å². The summed E-state index contributed by atoms with van der Waals surface area (Å²) in [6.45, 7) is 0.887. The number of hydrogen-bond acceptors (Lipinski definition) is 3. The molecule has 0 unspecified atom stereocenters. The van der Waals surface area contributed by atoms with Crippen LogP contribution in [0.5, 0.6) is 5.75 Å². The fourth-order valence-corrected chi connectivity index (χ4v) is 4.64. The zero-order chi connectivity index (χ0) is 20.7. The van der Waals surface area contributed by atoms with Crippen LogP contribution >= 0.6 is 0 Å². The van der Waals surface area contributed by atoms with Crippen LogP contribution < -0.4 is 10.1 Å². The number of urea groups is 1. The number of hydrogen-bond donors (Lipinski definition) is 1. The highest BCUT2D eigenvalue weighted by molar-refractivity contribution is 6.03. The predicted octanol–water partition coefficient (Wildman–Crippen LogP) is 3.90. The number of anilines is 1. The van der Waals surface area contributed by atoms with E-state index in [1.807, 2.05) is 66.7 Å². The number of fused-ring (bicyclic) bond motifs is 3. The topological polar surface area (TPSA) is 61.9 Å². The van der Waals surface area contributed by atoms with Gasteiger partial charge in [0.2, 0.25) is 0 Å². The number of rotatable bonds is 3. The van der Waals surface area contributed by atoms with Crippen molar-refractivity contribution in [3.63, 3.8) is 0 Å². The molecule has 2 aliphatic rings. The summed E-state index contributed by atoms with van der Waals surface area (Å²) in [5.41, 5.74) is 1.96. The zero-order valence-electron chi connectivity index (χ0n) is 16.5. The molecule has 0 spiro atoms. The lowest BCUT2D eigenvalue weighted by atomic mass is 9.90. The van der Waals surface area contributed by atoms with Gasteiger partial charge in [0.05, 0.1) is 12.8 Å². The minimum absolute atomic E-state index is 0.0537. The van der Waals surface area contributed by atoms with E-state index in [-0.39, 0.29) is 11.9 Å². The molecule has 1 saturated heterocycles. The van der Waals surface area contributed by atoms with Crippen LogP contribution in [0, 0.1) is 0 Å². The number of nitrogens with one attached hydrogen (secondary N) is 1. The van der Waals surface area contributed by atoms with Gasteiger partial charge in [-0.25, -0.2) is 4.79 Å². The van der Waals surface area contributed by atoms with Crippen molar-refractivity contribution < 1.29 is 14.3 Å². The van der Waals surface area contributed by atoms with Gasteiger partial charge in [-0.1, -0.05) is 60.7 Å². The Morgan fingerprint density at radius 3 is 2.43 bits per heavy atom. The second kappa shape index (κ2) is 6.91. The second-order valence-electron chi connectivity index (χ2n) is 7.32. The van der Waals surface area contributed by atoms with Crippen LogP contribution in [-0.4, -0.2) is 41.9 Å². The first kappa shape index (κ1) is 18.2. The molecule has 3 aromatic rings. The number of carbonyl (C=O) groups excluding carboxylic acids is 2. The average molecular weight is 399 g/mol. The number of amides is 3. The van der Waals surface area contributed by atoms with Crippen molar-refractivity contribution in [3.8, 4) is 5.75 Å². The lowest BCUT2D eigenvalue weighted by Crippen LogP contribution is -2.52. The van der Waals surface area contributed by atoms with Crippen LogP contribution in [0.2, 0.25) is 0 Å². The van der Waals surface area contributed by atoms with E-state index in [2.05, 4.69) is 5.32 Å². The average Bonchev–Trinajstić information content (AvgIpc) is 3.31. The Morgan fingerprint density at radius 1 is 0.933 bits per heavy atom. The summed E-state index contributed by atoms with van der Waals surface area (Å²) in [6, 6.07) is 24.3. The summed E-state index contributed by atoms with van der Waals surface area (Å²) in [4.78, 5) is 30.3. The molecule has 0 aromatic heterocycles. The Bertz CT molecular complexity index is 1130. The van der Waals surface area contributed by atoms with Gasteiger partial charge in [-0.05, 0) is 18.2 Å². The van der Waals surface area contributed by atoms with Gasteiger partial charge in [0, 0.05) is 29.8 Å². The predicted molar refractivity (Wildman–Crippen MR) is 113 cm³/mol. The molecular formula is C24H21N3O3. The monoisotopic (exact) mass is 399 g/mol. The summed E-state index contributed by atoms with van der Waals surface area (Å²) >= 11 is 0. The fourth-order valence-electron chi connectivity index (χ4n) is 4.64. The number of nitrogens with zero attached hydrogens (tertiary/aromatic N) is 2. The molecule has 6 heteroatoms. The van der Waals surface area contributed by atoms with Crippen molar-refractivity contribution in [2.75, 3.05) is 25.5 Å². The van der Waals surface area contributed by atoms with Gasteiger partial charge in [0.1, 0.15) is 5.75 Å². The van der Waals surface area contributed by atoms with Gasteiger partial charge in [-0.15, -0.1) is 0 Å². The molecule has 0 aliphatic carbocycles. The van der Waals surface area contributed by atoms with Crippen molar-refractivity contribution >= 4 is 17.6 Å². The molecule has 1 N–H and O–H groups in total. The van der Waals surface area contributed by atoms with Gasteiger partial charge in [-0.3, -0.25) is 9.69 Å². The third kappa shape index (κ3) is 2.43. The molecule has 150 valence electrons. The Labute approximate surface area is 174 Å². The molecule has 0 bridgehead atoms. The molecule has 5 rings (SSSR count). The van der Waals surface area contributed by atoms with Gasteiger partial charge in [-0.2, -0.15) is 0 Å². The van der Waals surface area contributed by atoms with Crippen molar-refractivity contribution in [3.05, 3.63) is 95.6 Å². The Morgan fingerprint density at radius 2 is 1.63 bits per heavy atom. The minimum Gasteiger partial charge on any atom is -0.495 e. The molecule has 3 amide bonds. The number of carbonyl (C=O) groups is 2. The molecule has 30 heavy (non-hydrogen) atoms. The Kier molecular flexibility index (Phi) is 4.20. The van der Waals surface area contributed by atoms with E-state index in [0.29, 0.717) is 30.1 Å². The van der Waals surface area contributed by atoms with E-state index in [1.54, 1.807) is 29.0 Å². The van der Waals surface area contributed by atoms with Crippen LogP contribution in [0.3, 0.4) is 0 Å². The van der Waals surface area contributed by atoms with E-state index < -0.39 is 5.66 Å². The minimum atomic E-state index is -0.971. The molecular weight excluding hydrogens is 378 g/mol. The third-order valence-electron chi connectivity index (χ3n) is 5.88. The summed E-state index contributed by atoms with van der Waals surface area (Å²) in [5.74, 6) is 0.528. The molecule has 0 radical (unpaired) electrons. The van der Waals surface area contributed by atoms with Crippen molar-refractivity contribution in [2.24, 2.45) is 0 Å². The van der Waals surface area contributed by atoms with Crippen LogP contribution in [0.25, 0.3) is 0 Å².